The van der Waals surface area contributed by atoms with Crippen LogP contribution in [0, 0.1) is 0 Å². The van der Waals surface area contributed by atoms with Crippen molar-refractivity contribution in [3.63, 3.8) is 0 Å². The van der Waals surface area contributed by atoms with E-state index in [0.717, 1.165) is 19.3 Å². The molecule has 5 N–H and O–H groups in total. The molecule has 214 valence electrons. The molecule has 1 aliphatic heterocycles. The summed E-state index contributed by atoms with van der Waals surface area (Å²) in [6, 6.07) is 0. The second-order valence-corrected chi connectivity index (χ2v) is 10.5. The third-order valence-corrected chi connectivity index (χ3v) is 7.17. The predicted octanol–water partition coefficient (Wildman–Crippen LogP) is 4.47. The van der Waals surface area contributed by atoms with Crippen LogP contribution in [0.3, 0.4) is 0 Å². The van der Waals surface area contributed by atoms with Crippen molar-refractivity contribution < 1.29 is 39.8 Å². The number of hydrogen-bond acceptors (Lipinski definition) is 8. The van der Waals surface area contributed by atoms with Crippen molar-refractivity contribution in [3.05, 3.63) is 0 Å². The molecule has 8 nitrogen and oxygen atoms in total. The molecule has 1 unspecified atom stereocenters. The molecule has 1 heterocycles. The van der Waals surface area contributed by atoms with E-state index in [4.69, 9.17) is 9.47 Å². The van der Waals surface area contributed by atoms with E-state index in [-0.39, 0.29) is 6.42 Å². The van der Waals surface area contributed by atoms with E-state index < -0.39 is 43.0 Å². The van der Waals surface area contributed by atoms with Crippen LogP contribution in [-0.2, 0) is 14.3 Å². The molecule has 36 heavy (non-hydrogen) atoms. The minimum atomic E-state index is -2.79. The van der Waals surface area contributed by atoms with Gasteiger partial charge in [-0.1, -0.05) is 122 Å². The highest BCUT2D eigenvalue weighted by Crippen LogP contribution is 2.29. The number of aliphatic hydroxyl groups is 5. The average molecular weight is 519 g/mol. The molecule has 0 saturated carbocycles. The maximum Gasteiger partial charge on any atom is 0.357 e. The minimum Gasteiger partial charge on any atom is -0.406 e. The number of carbonyl (C=O) groups excluding carboxylic acids is 1. The van der Waals surface area contributed by atoms with Gasteiger partial charge in [-0.3, -0.25) is 4.79 Å². The summed E-state index contributed by atoms with van der Waals surface area (Å²) in [5, 5.41) is 48.9. The summed E-state index contributed by atoms with van der Waals surface area (Å²) in [7, 11) is 0. The van der Waals surface area contributed by atoms with Gasteiger partial charge < -0.3 is 35.0 Å². The number of aliphatic hydroxyl groups excluding tert-OH is 4. The number of esters is 1. The Morgan fingerprint density at radius 3 is 1.47 bits per heavy atom. The minimum absolute atomic E-state index is 0.0414. The molecule has 1 fully saturated rings. The number of hydrogen-bond donors (Lipinski definition) is 5. The van der Waals surface area contributed by atoms with E-state index in [9.17, 15) is 30.3 Å². The van der Waals surface area contributed by atoms with Crippen LogP contribution in [0.5, 0.6) is 0 Å². The first-order valence-electron chi connectivity index (χ1n) is 14.6. The molecular formula is C28H54O8. The quantitative estimate of drug-likeness (QED) is 0.0804. The van der Waals surface area contributed by atoms with Crippen LogP contribution in [0.4, 0.5) is 0 Å². The lowest BCUT2D eigenvalue weighted by Gasteiger charge is -2.43. The van der Waals surface area contributed by atoms with Crippen molar-refractivity contribution in [1.82, 2.24) is 0 Å². The zero-order valence-corrected chi connectivity index (χ0v) is 22.6. The van der Waals surface area contributed by atoms with Crippen LogP contribution in [0.1, 0.15) is 135 Å². The summed E-state index contributed by atoms with van der Waals surface area (Å²) < 4.78 is 9.78. The van der Waals surface area contributed by atoms with Gasteiger partial charge in [0.1, 0.15) is 18.3 Å². The van der Waals surface area contributed by atoms with Crippen molar-refractivity contribution in [2.45, 2.75) is 166 Å². The number of rotatable bonds is 22. The number of ether oxygens (including phenoxy) is 2. The molecule has 0 aromatic rings. The summed E-state index contributed by atoms with van der Waals surface area (Å²) in [5.41, 5.74) is 0. The van der Waals surface area contributed by atoms with E-state index in [1.54, 1.807) is 0 Å². The van der Waals surface area contributed by atoms with E-state index in [2.05, 4.69) is 6.92 Å². The Kier molecular flexibility index (Phi) is 18.7. The summed E-state index contributed by atoms with van der Waals surface area (Å²) in [6.07, 6.45) is 17.1. The molecule has 1 saturated heterocycles. The van der Waals surface area contributed by atoms with Gasteiger partial charge in [0.15, 0.2) is 6.10 Å². The van der Waals surface area contributed by atoms with Gasteiger partial charge in [0.05, 0.1) is 6.61 Å². The lowest BCUT2D eigenvalue weighted by molar-refractivity contribution is -0.434. The van der Waals surface area contributed by atoms with E-state index in [0.29, 0.717) is 6.42 Å². The summed E-state index contributed by atoms with van der Waals surface area (Å²) in [6.45, 7) is 1.55. The van der Waals surface area contributed by atoms with Crippen molar-refractivity contribution in [2.24, 2.45) is 0 Å². The normalized spacial score (nSPS) is 26.3. The smallest absolute Gasteiger partial charge is 0.357 e. The molecule has 0 aromatic carbocycles. The highest BCUT2D eigenvalue weighted by atomic mass is 16.8. The highest BCUT2D eigenvalue weighted by Gasteiger charge is 2.55. The first kappa shape index (κ1) is 33.3. The lowest BCUT2D eigenvalue weighted by Crippen LogP contribution is -2.66. The average Bonchev–Trinajstić information content (AvgIpc) is 2.86. The van der Waals surface area contributed by atoms with Gasteiger partial charge in [0.2, 0.25) is 0 Å². The molecule has 1 rings (SSSR count). The van der Waals surface area contributed by atoms with Crippen molar-refractivity contribution in [3.8, 4) is 0 Å². The monoisotopic (exact) mass is 518 g/mol. The van der Waals surface area contributed by atoms with Crippen molar-refractivity contribution >= 4 is 5.97 Å². The van der Waals surface area contributed by atoms with Crippen LogP contribution in [0.25, 0.3) is 0 Å². The molecule has 0 amide bonds. The van der Waals surface area contributed by atoms with Gasteiger partial charge in [0, 0.05) is 6.42 Å². The third-order valence-electron chi connectivity index (χ3n) is 7.17. The lowest BCUT2D eigenvalue weighted by atomic mass is 9.98. The van der Waals surface area contributed by atoms with Gasteiger partial charge >= 0.3 is 11.9 Å². The van der Waals surface area contributed by atoms with Crippen LogP contribution in [-0.4, -0.2) is 68.5 Å². The van der Waals surface area contributed by atoms with Gasteiger partial charge in [0.25, 0.3) is 0 Å². The van der Waals surface area contributed by atoms with E-state index in [1.165, 1.54) is 96.3 Å². The Morgan fingerprint density at radius 2 is 1.08 bits per heavy atom. The largest absolute Gasteiger partial charge is 0.406 e. The summed E-state index contributed by atoms with van der Waals surface area (Å²) in [4.78, 5) is 12.0. The molecular weight excluding hydrogens is 464 g/mol. The van der Waals surface area contributed by atoms with Crippen LogP contribution >= 0.6 is 0 Å². The number of carbonyl (C=O) groups is 1. The fourth-order valence-electron chi connectivity index (χ4n) is 4.77. The third kappa shape index (κ3) is 13.7. The standard InChI is InChI=1S/C28H54O8/c1-2-3-4-5-6-7-8-9-10-11-12-13-14-15-16-17-18-19-20-21-24(30)36-28(34)27(33)26(32)25(31)23(22-29)35-28/h23,25-27,29,31-34H,2-22H2,1H3/t23-,25-,26+,27-,28?/m1/s1. The fourth-order valence-corrected chi connectivity index (χ4v) is 4.77. The Labute approximate surface area is 218 Å². The Bertz CT molecular complexity index is 544. The first-order chi connectivity index (χ1) is 17.4. The molecule has 0 spiro atoms. The molecule has 0 bridgehead atoms. The summed E-state index contributed by atoms with van der Waals surface area (Å²) >= 11 is 0. The second-order valence-electron chi connectivity index (χ2n) is 10.5. The molecule has 0 aromatic heterocycles. The Balaban J connectivity index is 1.92. The van der Waals surface area contributed by atoms with Crippen LogP contribution < -0.4 is 0 Å². The molecule has 5 atom stereocenters. The molecule has 0 radical (unpaired) electrons. The maximum absolute atomic E-state index is 12.0. The topological polar surface area (TPSA) is 137 Å². The van der Waals surface area contributed by atoms with Gasteiger partial charge in [-0.25, -0.2) is 0 Å². The van der Waals surface area contributed by atoms with Crippen LogP contribution in [0.15, 0.2) is 0 Å². The Morgan fingerprint density at radius 1 is 0.694 bits per heavy atom. The van der Waals surface area contributed by atoms with E-state index in [1.807, 2.05) is 0 Å². The van der Waals surface area contributed by atoms with Crippen LogP contribution in [0.2, 0.25) is 0 Å². The van der Waals surface area contributed by atoms with Gasteiger partial charge in [-0.05, 0) is 6.42 Å². The van der Waals surface area contributed by atoms with Gasteiger partial charge in [-0.15, -0.1) is 0 Å². The highest BCUT2D eigenvalue weighted by molar-refractivity contribution is 5.69. The SMILES string of the molecule is CCCCCCCCCCCCCCCCCCCCCC(=O)OC1(O)O[C@H](CO)[C@@H](O)[C@H](O)[C@H]1O. The maximum atomic E-state index is 12.0. The number of unbranched alkanes of at least 4 members (excludes halogenated alkanes) is 18. The zero-order valence-electron chi connectivity index (χ0n) is 22.6. The van der Waals surface area contributed by atoms with Crippen molar-refractivity contribution in [1.29, 1.82) is 0 Å². The molecule has 1 aliphatic rings. The Hall–Kier alpha value is -0.770. The first-order valence-corrected chi connectivity index (χ1v) is 14.6. The van der Waals surface area contributed by atoms with E-state index >= 15 is 0 Å². The molecule has 0 aliphatic carbocycles. The molecule has 8 heteroatoms. The summed E-state index contributed by atoms with van der Waals surface area (Å²) in [5.74, 6) is -3.57. The second kappa shape index (κ2) is 20.2. The predicted molar refractivity (Wildman–Crippen MR) is 139 cm³/mol. The fraction of sp³-hybridized carbons (Fsp3) is 0.964. The van der Waals surface area contributed by atoms with Crippen molar-refractivity contribution in [2.75, 3.05) is 6.61 Å². The van der Waals surface area contributed by atoms with Gasteiger partial charge in [-0.2, -0.15) is 0 Å². The zero-order chi connectivity index (χ0) is 26.7.